The van der Waals surface area contributed by atoms with E-state index in [0.29, 0.717) is 23.7 Å². The van der Waals surface area contributed by atoms with Crippen LogP contribution in [-0.4, -0.2) is 27.5 Å². The minimum atomic E-state index is -3.86. The average molecular weight is 423 g/mol. The van der Waals surface area contributed by atoms with Crippen LogP contribution in [0.15, 0.2) is 47.4 Å². The number of nitrogens with zero attached hydrogens (tertiary/aromatic N) is 1. The Hall–Kier alpha value is -2.25. The zero-order valence-electron chi connectivity index (χ0n) is 16.0. The van der Waals surface area contributed by atoms with Gasteiger partial charge in [0.1, 0.15) is 17.3 Å². The van der Waals surface area contributed by atoms with Gasteiger partial charge in [0, 0.05) is 12.6 Å². The minimum Gasteiger partial charge on any atom is -0.490 e. The van der Waals surface area contributed by atoms with Crippen LogP contribution < -0.4 is 14.4 Å². The van der Waals surface area contributed by atoms with Gasteiger partial charge >= 0.3 is 0 Å². The van der Waals surface area contributed by atoms with Gasteiger partial charge in [0.25, 0.3) is 10.0 Å². The van der Waals surface area contributed by atoms with Gasteiger partial charge in [-0.15, -0.1) is 0 Å². The van der Waals surface area contributed by atoms with Crippen molar-refractivity contribution in [3.05, 3.63) is 47.5 Å². The molecular weight excluding hydrogens is 400 g/mol. The molecule has 28 heavy (non-hydrogen) atoms. The molecule has 1 aliphatic rings. The molecule has 1 heterocycles. The van der Waals surface area contributed by atoms with E-state index in [9.17, 15) is 13.2 Å². The topological polar surface area (TPSA) is 75.7 Å². The van der Waals surface area contributed by atoms with Crippen LogP contribution in [0.4, 0.5) is 11.4 Å². The molecule has 0 radical (unpaired) electrons. The lowest BCUT2D eigenvalue weighted by Gasteiger charge is -2.27. The normalized spacial score (nSPS) is 16.1. The summed E-state index contributed by atoms with van der Waals surface area (Å²) >= 11 is 6.03. The Morgan fingerprint density at radius 1 is 1.21 bits per heavy atom. The van der Waals surface area contributed by atoms with Crippen molar-refractivity contribution in [1.29, 1.82) is 0 Å². The van der Waals surface area contributed by atoms with Gasteiger partial charge in [0.2, 0.25) is 5.91 Å². The summed E-state index contributed by atoms with van der Waals surface area (Å²) in [5.41, 5.74) is 0.297. The smallest absolute Gasteiger partial charge is 0.263 e. The van der Waals surface area contributed by atoms with Crippen molar-refractivity contribution in [3.8, 4) is 5.75 Å². The molecule has 0 atom stereocenters. The fourth-order valence-electron chi connectivity index (χ4n) is 3.03. The predicted molar refractivity (Wildman–Crippen MR) is 111 cm³/mol. The summed E-state index contributed by atoms with van der Waals surface area (Å²) < 4.78 is 33.8. The van der Waals surface area contributed by atoms with E-state index in [1.54, 1.807) is 35.2 Å². The number of halogens is 1. The first-order valence-electron chi connectivity index (χ1n) is 9.02. The third-order valence-corrected chi connectivity index (χ3v) is 6.37. The van der Waals surface area contributed by atoms with E-state index in [-0.39, 0.29) is 22.4 Å². The SMILES string of the molecule is CCCN1C(=O)C(C)(C)COc2cc(NS(=O)(=O)c3ccccc3Cl)ccc21. The number of ether oxygens (including phenoxy) is 1. The van der Waals surface area contributed by atoms with Crippen molar-refractivity contribution in [2.75, 3.05) is 22.8 Å². The molecule has 0 aromatic heterocycles. The highest BCUT2D eigenvalue weighted by atomic mass is 35.5. The van der Waals surface area contributed by atoms with Crippen molar-refractivity contribution in [3.63, 3.8) is 0 Å². The molecule has 2 aromatic rings. The number of carbonyl (C=O) groups is 1. The second-order valence-electron chi connectivity index (χ2n) is 7.35. The predicted octanol–water partition coefficient (Wildman–Crippen LogP) is 4.30. The van der Waals surface area contributed by atoms with Gasteiger partial charge < -0.3 is 9.64 Å². The number of fused-ring (bicyclic) bond motifs is 1. The number of benzene rings is 2. The molecule has 6 nitrogen and oxygen atoms in total. The highest BCUT2D eigenvalue weighted by Gasteiger charge is 2.37. The van der Waals surface area contributed by atoms with Crippen LogP contribution in [0.3, 0.4) is 0 Å². The maximum Gasteiger partial charge on any atom is 0.263 e. The zero-order valence-corrected chi connectivity index (χ0v) is 17.6. The number of hydrogen-bond acceptors (Lipinski definition) is 4. The van der Waals surface area contributed by atoms with Gasteiger partial charge in [-0.3, -0.25) is 9.52 Å². The van der Waals surface area contributed by atoms with E-state index >= 15 is 0 Å². The molecular formula is C20H23ClN2O4S. The van der Waals surface area contributed by atoms with Crippen LogP contribution in [0.5, 0.6) is 5.75 Å². The van der Waals surface area contributed by atoms with Gasteiger partial charge in [0.15, 0.2) is 0 Å². The Labute approximate surface area is 170 Å². The molecule has 150 valence electrons. The minimum absolute atomic E-state index is 0.00329. The number of hydrogen-bond donors (Lipinski definition) is 1. The molecule has 0 fully saturated rings. The Bertz CT molecular complexity index is 1010. The Kier molecular flexibility index (Phi) is 5.59. The van der Waals surface area contributed by atoms with E-state index in [0.717, 1.165) is 6.42 Å². The Morgan fingerprint density at radius 3 is 2.61 bits per heavy atom. The second kappa shape index (κ2) is 7.64. The van der Waals surface area contributed by atoms with Gasteiger partial charge in [0.05, 0.1) is 21.8 Å². The second-order valence-corrected chi connectivity index (χ2v) is 9.41. The number of carbonyl (C=O) groups excluding carboxylic acids is 1. The van der Waals surface area contributed by atoms with Crippen molar-refractivity contribution in [2.24, 2.45) is 5.41 Å². The molecule has 0 saturated carbocycles. The first-order valence-corrected chi connectivity index (χ1v) is 10.9. The molecule has 1 amide bonds. The van der Waals surface area contributed by atoms with Crippen LogP contribution in [0.25, 0.3) is 0 Å². The third-order valence-electron chi connectivity index (χ3n) is 4.49. The van der Waals surface area contributed by atoms with E-state index in [4.69, 9.17) is 16.3 Å². The van der Waals surface area contributed by atoms with Crippen LogP contribution in [0.2, 0.25) is 5.02 Å². The number of sulfonamides is 1. The van der Waals surface area contributed by atoms with Gasteiger partial charge in [-0.25, -0.2) is 8.42 Å². The first kappa shape index (κ1) is 20.5. The highest BCUT2D eigenvalue weighted by Crippen LogP contribution is 2.38. The van der Waals surface area contributed by atoms with Gasteiger partial charge in [-0.05, 0) is 44.5 Å². The highest BCUT2D eigenvalue weighted by molar-refractivity contribution is 7.92. The lowest BCUT2D eigenvalue weighted by atomic mass is 9.93. The maximum atomic E-state index is 12.9. The van der Waals surface area contributed by atoms with Gasteiger partial charge in [-0.2, -0.15) is 0 Å². The molecule has 0 saturated heterocycles. The van der Waals surface area contributed by atoms with E-state index in [1.807, 2.05) is 20.8 Å². The van der Waals surface area contributed by atoms with Crippen molar-refractivity contribution in [2.45, 2.75) is 32.1 Å². The largest absolute Gasteiger partial charge is 0.490 e. The number of rotatable bonds is 5. The Balaban J connectivity index is 1.97. The summed E-state index contributed by atoms with van der Waals surface area (Å²) in [5.74, 6) is 0.448. The summed E-state index contributed by atoms with van der Waals surface area (Å²) in [5, 5.41) is 0.141. The fourth-order valence-corrected chi connectivity index (χ4v) is 4.60. The maximum absolute atomic E-state index is 12.9. The monoisotopic (exact) mass is 422 g/mol. The number of amides is 1. The Morgan fingerprint density at radius 2 is 1.93 bits per heavy atom. The van der Waals surface area contributed by atoms with Crippen LogP contribution >= 0.6 is 11.6 Å². The van der Waals surface area contributed by atoms with Crippen LogP contribution in [0.1, 0.15) is 27.2 Å². The van der Waals surface area contributed by atoms with E-state index < -0.39 is 15.4 Å². The molecule has 0 spiro atoms. The fraction of sp³-hybridized carbons (Fsp3) is 0.350. The molecule has 3 rings (SSSR count). The molecule has 0 bridgehead atoms. The zero-order chi connectivity index (χ0) is 20.5. The summed E-state index contributed by atoms with van der Waals surface area (Å²) in [6, 6.07) is 11.2. The molecule has 8 heteroatoms. The van der Waals surface area contributed by atoms with Gasteiger partial charge in [-0.1, -0.05) is 30.7 Å². The molecule has 1 aliphatic heterocycles. The molecule has 0 unspecified atom stereocenters. The lowest BCUT2D eigenvalue weighted by molar-refractivity contribution is -0.127. The van der Waals surface area contributed by atoms with Crippen molar-refractivity contribution < 1.29 is 17.9 Å². The van der Waals surface area contributed by atoms with Crippen molar-refractivity contribution in [1.82, 2.24) is 0 Å². The molecule has 0 aliphatic carbocycles. The molecule has 1 N–H and O–H groups in total. The average Bonchev–Trinajstić information content (AvgIpc) is 2.72. The first-order chi connectivity index (χ1) is 13.2. The standard InChI is InChI=1S/C20H23ClN2O4S/c1-4-11-23-16-10-9-14(12-17(16)27-13-20(2,3)19(23)24)22-28(25,26)18-8-6-5-7-15(18)21/h5-10,12,22H,4,11,13H2,1-3H3. The molecule has 2 aromatic carbocycles. The summed E-state index contributed by atoms with van der Waals surface area (Å²) in [7, 11) is -3.86. The number of nitrogens with one attached hydrogen (secondary N) is 1. The third kappa shape index (κ3) is 3.95. The summed E-state index contributed by atoms with van der Waals surface area (Å²) in [4.78, 5) is 14.6. The summed E-state index contributed by atoms with van der Waals surface area (Å²) in [6.07, 6.45) is 0.794. The van der Waals surface area contributed by atoms with Crippen molar-refractivity contribution >= 4 is 38.9 Å². The van der Waals surface area contributed by atoms with Crippen LogP contribution in [0, 0.1) is 5.41 Å². The quantitative estimate of drug-likeness (QED) is 0.779. The van der Waals surface area contributed by atoms with E-state index in [2.05, 4.69) is 4.72 Å². The van der Waals surface area contributed by atoms with Crippen LogP contribution in [-0.2, 0) is 14.8 Å². The number of anilines is 2. The summed E-state index contributed by atoms with van der Waals surface area (Å²) in [6.45, 7) is 6.44. The van der Waals surface area contributed by atoms with E-state index in [1.165, 1.54) is 12.1 Å². The lowest BCUT2D eigenvalue weighted by Crippen LogP contribution is -2.42.